The Morgan fingerprint density at radius 3 is 1.14 bits per heavy atom. The summed E-state index contributed by atoms with van der Waals surface area (Å²) in [6.07, 6.45) is 10.2. The summed E-state index contributed by atoms with van der Waals surface area (Å²) in [5.41, 5.74) is 16.5. The van der Waals surface area contributed by atoms with Crippen LogP contribution in [0, 0.1) is 13.8 Å². The first-order valence-corrected chi connectivity index (χ1v) is 40.7. The fraction of sp³-hybridized carbons (Fsp3) is 0.226. The Balaban J connectivity index is 1.39. The van der Waals surface area contributed by atoms with Gasteiger partial charge in [0.2, 0.25) is 0 Å². The van der Waals surface area contributed by atoms with E-state index in [1.165, 1.54) is 77.1 Å². The molecule has 2 unspecified atom stereocenters. The Morgan fingerprint density at radius 2 is 0.804 bits per heavy atom. The number of fused-ring (bicyclic) bond motifs is 2. The van der Waals surface area contributed by atoms with Crippen molar-refractivity contribution in [3.8, 4) is 22.3 Å². The van der Waals surface area contributed by atoms with Crippen LogP contribution in [0.3, 0.4) is 0 Å². The van der Waals surface area contributed by atoms with Crippen molar-refractivity contribution in [1.29, 1.82) is 0 Å². The first-order valence-electron chi connectivity index (χ1n) is 20.6. The van der Waals surface area contributed by atoms with Crippen LogP contribution >= 0.6 is 0 Å². The van der Waals surface area contributed by atoms with Crippen LogP contribution in [0.5, 0.6) is 0 Å². The van der Waals surface area contributed by atoms with Gasteiger partial charge in [-0.2, -0.15) is 0 Å². The van der Waals surface area contributed by atoms with Gasteiger partial charge in [0.15, 0.2) is 0 Å². The van der Waals surface area contributed by atoms with Crippen molar-refractivity contribution in [2.24, 2.45) is 0 Å². The topological polar surface area (TPSA) is 0 Å². The van der Waals surface area contributed by atoms with Crippen LogP contribution in [0.2, 0.25) is 48.6 Å². The Bertz CT molecular complexity index is 2400. The average Bonchev–Trinajstić information content (AvgIpc) is 3.83. The van der Waals surface area contributed by atoms with Crippen molar-refractivity contribution in [2.45, 2.75) is 69.8 Å². The molecule has 6 aromatic rings. The summed E-state index contributed by atoms with van der Waals surface area (Å²) in [7, 11) is -2.80. The van der Waals surface area contributed by atoms with Crippen molar-refractivity contribution in [3.63, 3.8) is 0 Å². The predicted octanol–water partition coefficient (Wildman–Crippen LogP) is 13.6. The van der Waals surface area contributed by atoms with Gasteiger partial charge in [-0.1, -0.05) is 0 Å². The van der Waals surface area contributed by atoms with Crippen LogP contribution in [0.1, 0.15) is 51.9 Å². The quantitative estimate of drug-likeness (QED) is 0.133. The summed E-state index contributed by atoms with van der Waals surface area (Å²) in [5.74, 6) is 0. The summed E-state index contributed by atoms with van der Waals surface area (Å²) in [5, 5.41) is 3.01. The van der Waals surface area contributed by atoms with Crippen LogP contribution in [-0.2, 0) is 18.0 Å². The molecule has 2 atom stereocenters. The van der Waals surface area contributed by atoms with Crippen molar-refractivity contribution >= 4 is 41.9 Å². The molecule has 56 heavy (non-hydrogen) atoms. The van der Waals surface area contributed by atoms with Crippen LogP contribution < -0.4 is 10.4 Å². The fourth-order valence-electron chi connectivity index (χ4n) is 10.0. The third-order valence-electron chi connectivity index (χ3n) is 13.4. The first-order chi connectivity index (χ1) is 26.5. The number of benzene rings is 6. The monoisotopic (exact) mass is 930 g/mol. The number of hydrogen-bond donors (Lipinski definition) is 0. The zero-order valence-corrected chi connectivity index (χ0v) is 40.8. The minimum absolute atomic E-state index is 0.307. The third kappa shape index (κ3) is 6.68. The van der Waals surface area contributed by atoms with E-state index in [1.807, 2.05) is 0 Å². The summed E-state index contributed by atoms with van der Waals surface area (Å²) < 4.78 is 7.81. The van der Waals surface area contributed by atoms with Crippen molar-refractivity contribution in [3.05, 3.63) is 190 Å². The standard InChI is InChI=1S/2C18H19Si.C15H14.2CH3.Hf/c2*1-19(2,3)16-12-10-15(11-13-16)18-9-5-7-14-6-4-8-17(14)18;1-12-3-7-14(8-4-12)11-15-9-5-13(2)6-10-15;;;/h2*4-13H,1-3H3;3-10H,1-2H3;2*1H3;. The summed E-state index contributed by atoms with van der Waals surface area (Å²) in [6, 6.07) is 52.3. The normalized spacial score (nSPS) is 16.6. The maximum atomic E-state index is 2.80. The molecule has 6 aromatic carbocycles. The van der Waals surface area contributed by atoms with E-state index in [4.69, 9.17) is 0 Å². The number of allylic oxidation sites excluding steroid dienone is 2. The predicted molar refractivity (Wildman–Crippen MR) is 251 cm³/mol. The number of aryl methyl sites for hydroxylation is 2. The van der Waals surface area contributed by atoms with Gasteiger partial charge in [0, 0.05) is 0 Å². The third-order valence-corrected chi connectivity index (χ3v) is 42.6. The molecule has 0 radical (unpaired) electrons. The number of rotatable bonds is 8. The second-order valence-corrected chi connectivity index (χ2v) is 54.8. The van der Waals surface area contributed by atoms with Crippen LogP contribution in [0.15, 0.2) is 146 Å². The molecule has 0 spiro atoms. The molecule has 0 bridgehead atoms. The van der Waals surface area contributed by atoms with E-state index in [1.54, 1.807) is 3.26 Å². The SMILES string of the molecule is Cc1ccc([C](c2ccc(C)cc2)=[Hf]([CH3])([CH3])([CH]2C=Cc3c(-c4ccc([Si](C)(C)C)cc4)cccc32)[CH]2C=Cc3c(-c4ccc([Si](C)(C)C)cc4)cccc32)cc1. The molecule has 0 heterocycles. The van der Waals surface area contributed by atoms with Gasteiger partial charge in [0.25, 0.3) is 0 Å². The van der Waals surface area contributed by atoms with E-state index in [9.17, 15) is 0 Å². The molecule has 0 saturated heterocycles. The zero-order chi connectivity index (χ0) is 39.6. The van der Waals surface area contributed by atoms with Crippen LogP contribution in [-0.4, -0.2) is 19.4 Å². The molecule has 0 N–H and O–H groups in total. The van der Waals surface area contributed by atoms with Crippen LogP contribution in [0.25, 0.3) is 34.4 Å². The van der Waals surface area contributed by atoms with Gasteiger partial charge < -0.3 is 0 Å². The molecule has 0 aromatic heterocycles. The summed E-state index contributed by atoms with van der Waals surface area (Å²) >= 11 is -4.67. The van der Waals surface area contributed by atoms with Crippen LogP contribution in [0.4, 0.5) is 0 Å². The van der Waals surface area contributed by atoms with E-state index in [2.05, 4.69) is 220 Å². The summed E-state index contributed by atoms with van der Waals surface area (Å²) in [4.78, 5) is 0. The Hall–Kier alpha value is -4.03. The first kappa shape index (κ1) is 38.8. The van der Waals surface area contributed by atoms with Gasteiger partial charge in [0.05, 0.1) is 0 Å². The van der Waals surface area contributed by atoms with E-state index < -0.39 is 34.2 Å². The molecule has 3 heteroatoms. The van der Waals surface area contributed by atoms with Gasteiger partial charge >= 0.3 is 342 Å². The number of hydrogen-bond acceptors (Lipinski definition) is 0. The van der Waals surface area contributed by atoms with E-state index in [0.717, 1.165) is 0 Å². The van der Waals surface area contributed by atoms with Gasteiger partial charge in [-0.05, 0) is 0 Å². The van der Waals surface area contributed by atoms with E-state index in [0.29, 0.717) is 7.35 Å². The molecule has 0 aliphatic heterocycles. The van der Waals surface area contributed by atoms with Gasteiger partial charge in [0.1, 0.15) is 0 Å². The minimum atomic E-state index is -4.67. The molecule has 0 amide bonds. The second kappa shape index (κ2) is 14.1. The van der Waals surface area contributed by atoms with E-state index >= 15 is 0 Å². The average molecular weight is 930 g/mol. The van der Waals surface area contributed by atoms with Gasteiger partial charge in [-0.25, -0.2) is 0 Å². The molecule has 282 valence electrons. The second-order valence-electron chi connectivity index (χ2n) is 19.7. The molecule has 0 saturated carbocycles. The Labute approximate surface area is 339 Å². The Kier molecular flexibility index (Phi) is 9.79. The van der Waals surface area contributed by atoms with E-state index in [-0.39, 0.29) is 0 Å². The zero-order valence-electron chi connectivity index (χ0n) is 35.2. The Morgan fingerprint density at radius 1 is 0.446 bits per heavy atom. The van der Waals surface area contributed by atoms with Gasteiger partial charge in [-0.3, -0.25) is 0 Å². The van der Waals surface area contributed by atoms with Crippen molar-refractivity contribution < 1.29 is 18.0 Å². The molecule has 0 fully saturated rings. The molecule has 8 rings (SSSR count). The fourth-order valence-corrected chi connectivity index (χ4v) is 37.4. The maximum absolute atomic E-state index is 4.67. The molecule has 2 aliphatic carbocycles. The van der Waals surface area contributed by atoms with Crippen molar-refractivity contribution in [1.82, 2.24) is 0 Å². The molecular weight excluding hydrogens is 871 g/mol. The van der Waals surface area contributed by atoms with Crippen molar-refractivity contribution in [2.75, 3.05) is 0 Å². The van der Waals surface area contributed by atoms with Gasteiger partial charge in [-0.15, -0.1) is 0 Å². The molecular formula is C53H58HfSi2. The molecule has 0 nitrogen and oxygen atoms in total. The molecule has 2 aliphatic rings. The summed E-state index contributed by atoms with van der Waals surface area (Å²) in [6.45, 7) is 19.0.